The fraction of sp³-hybridized carbons (Fsp3) is 0.667. The molecule has 1 aliphatic carbocycles. The van der Waals surface area contributed by atoms with Crippen LogP contribution in [0.1, 0.15) is 32.6 Å². The molecule has 1 amide bonds. The number of thiocarbonyl (C=S) groups is 1. The van der Waals surface area contributed by atoms with E-state index in [0.29, 0.717) is 11.7 Å². The number of carbonyl (C=O) groups is 1. The van der Waals surface area contributed by atoms with Crippen molar-refractivity contribution < 1.29 is 9.53 Å². The summed E-state index contributed by atoms with van der Waals surface area (Å²) in [5.41, 5.74) is 0.977. The van der Waals surface area contributed by atoms with Gasteiger partial charge in [-0.25, -0.2) is 0 Å². The molecule has 5 heteroatoms. The lowest BCUT2D eigenvalue weighted by Gasteiger charge is -2.26. The second kappa shape index (κ2) is 5.04. The monoisotopic (exact) mass is 254 g/mol. The van der Waals surface area contributed by atoms with E-state index >= 15 is 0 Å². The van der Waals surface area contributed by atoms with Crippen molar-refractivity contribution in [3.8, 4) is 0 Å². The SMILES string of the molecule is CCN1CC(=O)N(C2=C(OC)CCCC2)C1=S. The first kappa shape index (κ1) is 12.4. The van der Waals surface area contributed by atoms with Gasteiger partial charge >= 0.3 is 0 Å². The molecule has 0 aromatic heterocycles. The van der Waals surface area contributed by atoms with Crippen molar-refractivity contribution in [2.24, 2.45) is 0 Å². The average molecular weight is 254 g/mol. The van der Waals surface area contributed by atoms with Crippen molar-refractivity contribution in [1.29, 1.82) is 0 Å². The molecule has 1 saturated heterocycles. The van der Waals surface area contributed by atoms with E-state index in [0.717, 1.165) is 43.7 Å². The van der Waals surface area contributed by atoms with E-state index in [9.17, 15) is 4.79 Å². The quantitative estimate of drug-likeness (QED) is 0.720. The summed E-state index contributed by atoms with van der Waals surface area (Å²) in [5.74, 6) is 0.994. The molecular formula is C12H18N2O2S. The van der Waals surface area contributed by atoms with Crippen LogP contribution in [0.3, 0.4) is 0 Å². The second-order valence-electron chi connectivity index (χ2n) is 4.31. The summed E-state index contributed by atoms with van der Waals surface area (Å²) >= 11 is 5.36. The number of methoxy groups -OCH3 is 1. The number of nitrogens with zero attached hydrogens (tertiary/aromatic N) is 2. The van der Waals surface area contributed by atoms with Gasteiger partial charge in [-0.15, -0.1) is 0 Å². The molecule has 0 saturated carbocycles. The van der Waals surface area contributed by atoms with Gasteiger partial charge in [-0.3, -0.25) is 9.69 Å². The largest absolute Gasteiger partial charge is 0.499 e. The Balaban J connectivity index is 2.29. The van der Waals surface area contributed by atoms with Crippen molar-refractivity contribution >= 4 is 23.2 Å². The number of amides is 1. The van der Waals surface area contributed by atoms with Gasteiger partial charge in [-0.05, 0) is 38.4 Å². The molecule has 2 aliphatic rings. The first-order valence-electron chi connectivity index (χ1n) is 6.07. The molecule has 0 aromatic carbocycles. The Morgan fingerprint density at radius 3 is 2.65 bits per heavy atom. The molecule has 1 heterocycles. The molecule has 0 unspecified atom stereocenters. The summed E-state index contributed by atoms with van der Waals surface area (Å²) in [6, 6.07) is 0. The molecular weight excluding hydrogens is 236 g/mol. The zero-order valence-corrected chi connectivity index (χ0v) is 11.2. The van der Waals surface area contributed by atoms with E-state index in [2.05, 4.69) is 0 Å². The van der Waals surface area contributed by atoms with Crippen LogP contribution in [0.25, 0.3) is 0 Å². The van der Waals surface area contributed by atoms with Crippen molar-refractivity contribution in [2.45, 2.75) is 32.6 Å². The summed E-state index contributed by atoms with van der Waals surface area (Å²) in [6.45, 7) is 3.18. The third-order valence-corrected chi connectivity index (χ3v) is 3.77. The van der Waals surface area contributed by atoms with Crippen LogP contribution in [-0.2, 0) is 9.53 Å². The highest BCUT2D eigenvalue weighted by Gasteiger charge is 2.36. The molecule has 1 aliphatic heterocycles. The van der Waals surface area contributed by atoms with Gasteiger partial charge in [0.25, 0.3) is 5.91 Å². The predicted octanol–water partition coefficient (Wildman–Crippen LogP) is 1.87. The molecule has 4 nitrogen and oxygen atoms in total. The van der Waals surface area contributed by atoms with Gasteiger partial charge < -0.3 is 9.64 Å². The molecule has 17 heavy (non-hydrogen) atoms. The van der Waals surface area contributed by atoms with Crippen LogP contribution in [0.5, 0.6) is 0 Å². The Hall–Kier alpha value is -1.10. The minimum Gasteiger partial charge on any atom is -0.499 e. The van der Waals surface area contributed by atoms with Gasteiger partial charge in [0.1, 0.15) is 5.76 Å². The molecule has 0 atom stereocenters. The number of likely N-dealkylation sites (N-methyl/N-ethyl adjacent to an activating group) is 1. The average Bonchev–Trinajstić information content (AvgIpc) is 2.64. The minimum absolute atomic E-state index is 0.0725. The number of carbonyl (C=O) groups excluding carboxylic acids is 1. The highest BCUT2D eigenvalue weighted by Crippen LogP contribution is 2.30. The third kappa shape index (κ3) is 2.16. The molecule has 0 aromatic rings. The lowest BCUT2D eigenvalue weighted by Crippen LogP contribution is -2.33. The zero-order chi connectivity index (χ0) is 12.4. The van der Waals surface area contributed by atoms with Crippen LogP contribution < -0.4 is 0 Å². The summed E-state index contributed by atoms with van der Waals surface area (Å²) in [5, 5.41) is 0.629. The minimum atomic E-state index is 0.0725. The Kier molecular flexibility index (Phi) is 3.66. The highest BCUT2D eigenvalue weighted by atomic mass is 32.1. The fourth-order valence-electron chi connectivity index (χ4n) is 2.38. The van der Waals surface area contributed by atoms with Crippen LogP contribution in [-0.4, -0.2) is 41.0 Å². The highest BCUT2D eigenvalue weighted by molar-refractivity contribution is 7.80. The number of rotatable bonds is 3. The molecule has 0 radical (unpaired) electrons. The van der Waals surface area contributed by atoms with Gasteiger partial charge in [0.05, 0.1) is 19.4 Å². The summed E-state index contributed by atoms with van der Waals surface area (Å²) in [4.78, 5) is 15.6. The third-order valence-electron chi connectivity index (χ3n) is 3.32. The maximum absolute atomic E-state index is 12.0. The first-order valence-corrected chi connectivity index (χ1v) is 6.47. The molecule has 0 bridgehead atoms. The van der Waals surface area contributed by atoms with Crippen molar-refractivity contribution in [2.75, 3.05) is 20.2 Å². The van der Waals surface area contributed by atoms with E-state index < -0.39 is 0 Å². The normalized spacial score (nSPS) is 21.5. The Bertz CT molecular complexity index is 379. The summed E-state index contributed by atoms with van der Waals surface area (Å²) in [6.07, 6.45) is 4.01. The van der Waals surface area contributed by atoms with E-state index in [-0.39, 0.29) is 5.91 Å². The molecule has 0 spiro atoms. The van der Waals surface area contributed by atoms with E-state index in [4.69, 9.17) is 17.0 Å². The Morgan fingerprint density at radius 1 is 1.35 bits per heavy atom. The lowest BCUT2D eigenvalue weighted by molar-refractivity contribution is -0.124. The van der Waals surface area contributed by atoms with E-state index in [1.807, 2.05) is 11.8 Å². The topological polar surface area (TPSA) is 32.8 Å². The fourth-order valence-corrected chi connectivity index (χ4v) is 2.79. The maximum Gasteiger partial charge on any atom is 0.252 e. The van der Waals surface area contributed by atoms with Gasteiger partial charge in [-0.2, -0.15) is 0 Å². The lowest BCUT2D eigenvalue weighted by atomic mass is 10.0. The van der Waals surface area contributed by atoms with E-state index in [1.165, 1.54) is 0 Å². The van der Waals surface area contributed by atoms with Crippen LogP contribution in [0.4, 0.5) is 0 Å². The predicted molar refractivity (Wildman–Crippen MR) is 69.2 cm³/mol. The van der Waals surface area contributed by atoms with Crippen LogP contribution >= 0.6 is 12.2 Å². The smallest absolute Gasteiger partial charge is 0.252 e. The zero-order valence-electron chi connectivity index (χ0n) is 10.4. The second-order valence-corrected chi connectivity index (χ2v) is 4.67. The summed E-state index contributed by atoms with van der Waals surface area (Å²) < 4.78 is 5.39. The number of hydrogen-bond acceptors (Lipinski definition) is 3. The van der Waals surface area contributed by atoms with Crippen molar-refractivity contribution in [1.82, 2.24) is 9.80 Å². The molecule has 2 rings (SSSR count). The van der Waals surface area contributed by atoms with Gasteiger partial charge in [0.2, 0.25) is 0 Å². The van der Waals surface area contributed by atoms with Gasteiger partial charge in [0, 0.05) is 13.0 Å². The summed E-state index contributed by atoms with van der Waals surface area (Å²) in [7, 11) is 1.67. The van der Waals surface area contributed by atoms with Crippen molar-refractivity contribution in [3.05, 3.63) is 11.5 Å². The standard InChI is InChI=1S/C12H18N2O2S/c1-3-13-8-11(15)14(12(13)17)9-6-4-5-7-10(9)16-2/h3-8H2,1-2H3. The number of hydrogen-bond donors (Lipinski definition) is 0. The first-order chi connectivity index (χ1) is 8.19. The maximum atomic E-state index is 12.0. The Labute approximate surface area is 107 Å². The molecule has 0 N–H and O–H groups in total. The number of allylic oxidation sites excluding steroid dienone is 2. The van der Waals surface area contributed by atoms with Crippen molar-refractivity contribution in [3.63, 3.8) is 0 Å². The van der Waals surface area contributed by atoms with Crippen LogP contribution in [0, 0.1) is 0 Å². The van der Waals surface area contributed by atoms with Gasteiger partial charge in [-0.1, -0.05) is 0 Å². The van der Waals surface area contributed by atoms with Crippen LogP contribution in [0.15, 0.2) is 11.5 Å². The molecule has 1 fully saturated rings. The van der Waals surface area contributed by atoms with E-state index in [1.54, 1.807) is 12.0 Å². The Morgan fingerprint density at radius 2 is 2.06 bits per heavy atom. The molecule has 94 valence electrons. The van der Waals surface area contributed by atoms with Crippen LogP contribution in [0.2, 0.25) is 0 Å². The number of ether oxygens (including phenoxy) is 1. The van der Waals surface area contributed by atoms with Gasteiger partial charge in [0.15, 0.2) is 5.11 Å².